The van der Waals surface area contributed by atoms with Gasteiger partial charge in [0.15, 0.2) is 0 Å². The summed E-state index contributed by atoms with van der Waals surface area (Å²) >= 11 is 3.52. The summed E-state index contributed by atoms with van der Waals surface area (Å²) in [4.78, 5) is 4.46. The quantitative estimate of drug-likeness (QED) is 0.742. The zero-order valence-electron chi connectivity index (χ0n) is 13.6. The smallest absolute Gasteiger partial charge is 0.399 e. The molecule has 0 saturated carbocycles. The number of nitrogens with zero attached hydrogens (tertiary/aromatic N) is 1. The molecule has 1 aliphatic rings. The van der Waals surface area contributed by atoms with Crippen LogP contribution in [-0.2, 0) is 9.31 Å². The van der Waals surface area contributed by atoms with E-state index in [9.17, 15) is 4.39 Å². The highest BCUT2D eigenvalue weighted by atomic mass is 79.9. The van der Waals surface area contributed by atoms with Crippen LogP contribution >= 0.6 is 15.9 Å². The molecule has 6 heteroatoms. The maximum Gasteiger partial charge on any atom is 0.496 e. The number of benzene rings is 1. The van der Waals surface area contributed by atoms with Gasteiger partial charge in [0.1, 0.15) is 5.82 Å². The zero-order chi connectivity index (χ0) is 16.8. The van der Waals surface area contributed by atoms with Crippen molar-refractivity contribution in [1.29, 1.82) is 0 Å². The highest BCUT2D eigenvalue weighted by molar-refractivity contribution is 9.10. The lowest BCUT2D eigenvalue weighted by molar-refractivity contribution is 0.00578. The minimum Gasteiger partial charge on any atom is -0.399 e. The van der Waals surface area contributed by atoms with E-state index in [-0.39, 0.29) is 5.82 Å². The number of pyridine rings is 1. The van der Waals surface area contributed by atoms with Gasteiger partial charge in [-0.15, -0.1) is 0 Å². The van der Waals surface area contributed by atoms with Crippen molar-refractivity contribution in [3.63, 3.8) is 0 Å². The van der Waals surface area contributed by atoms with E-state index in [4.69, 9.17) is 9.31 Å². The molecule has 0 spiro atoms. The topological polar surface area (TPSA) is 31.4 Å². The van der Waals surface area contributed by atoms with E-state index < -0.39 is 18.3 Å². The first-order valence-corrected chi connectivity index (χ1v) is 8.26. The number of halogens is 2. The molecule has 23 heavy (non-hydrogen) atoms. The Kier molecular flexibility index (Phi) is 4.11. The number of hydrogen-bond donors (Lipinski definition) is 0. The predicted octanol–water partition coefficient (Wildman–Crippen LogP) is 3.95. The first-order chi connectivity index (χ1) is 10.7. The standard InChI is InChI=1S/C17H18BBrFNO2/c1-16(2)17(3,4)23-18(22-16)12-9-14(19)15(21-10-12)11-6-5-7-13(20)8-11/h5-10H,1-4H3. The van der Waals surface area contributed by atoms with Gasteiger partial charge in [0.2, 0.25) is 0 Å². The van der Waals surface area contributed by atoms with Gasteiger partial charge < -0.3 is 9.31 Å². The minimum atomic E-state index is -0.467. The molecule has 120 valence electrons. The van der Waals surface area contributed by atoms with Gasteiger partial charge in [0.25, 0.3) is 0 Å². The molecule has 1 aliphatic heterocycles. The Morgan fingerprint density at radius 2 is 1.74 bits per heavy atom. The second-order valence-electron chi connectivity index (χ2n) is 6.70. The zero-order valence-corrected chi connectivity index (χ0v) is 15.1. The van der Waals surface area contributed by atoms with Gasteiger partial charge in [0, 0.05) is 21.7 Å². The normalized spacial score (nSPS) is 19.1. The van der Waals surface area contributed by atoms with Gasteiger partial charge in [-0.2, -0.15) is 0 Å². The van der Waals surface area contributed by atoms with E-state index >= 15 is 0 Å². The lowest BCUT2D eigenvalue weighted by Crippen LogP contribution is -2.41. The van der Waals surface area contributed by atoms with Crippen molar-refractivity contribution >= 4 is 28.5 Å². The average molecular weight is 378 g/mol. The van der Waals surface area contributed by atoms with Crippen LogP contribution < -0.4 is 5.46 Å². The van der Waals surface area contributed by atoms with Gasteiger partial charge in [-0.3, -0.25) is 4.98 Å². The molecular weight excluding hydrogens is 360 g/mol. The maximum absolute atomic E-state index is 13.4. The van der Waals surface area contributed by atoms with E-state index in [2.05, 4.69) is 20.9 Å². The molecule has 0 bridgehead atoms. The average Bonchev–Trinajstić information content (AvgIpc) is 2.67. The van der Waals surface area contributed by atoms with Crippen molar-refractivity contribution in [2.24, 2.45) is 0 Å². The van der Waals surface area contributed by atoms with E-state index in [0.29, 0.717) is 5.69 Å². The van der Waals surface area contributed by atoms with Crippen LogP contribution in [-0.4, -0.2) is 23.3 Å². The third-order valence-electron chi connectivity index (χ3n) is 4.49. The van der Waals surface area contributed by atoms with E-state index in [0.717, 1.165) is 15.5 Å². The molecule has 0 unspecified atom stereocenters. The molecule has 3 rings (SSSR count). The summed E-state index contributed by atoms with van der Waals surface area (Å²) in [7, 11) is -0.467. The minimum absolute atomic E-state index is 0.286. The molecule has 0 N–H and O–H groups in total. The molecule has 0 radical (unpaired) electrons. The largest absolute Gasteiger partial charge is 0.496 e. The molecule has 1 aromatic carbocycles. The van der Waals surface area contributed by atoms with Crippen LogP contribution in [0.15, 0.2) is 41.0 Å². The van der Waals surface area contributed by atoms with Crippen molar-refractivity contribution < 1.29 is 13.7 Å². The summed E-state index contributed by atoms with van der Waals surface area (Å²) < 4.78 is 26.2. The van der Waals surface area contributed by atoms with E-state index in [1.54, 1.807) is 12.3 Å². The van der Waals surface area contributed by atoms with Gasteiger partial charge >= 0.3 is 7.12 Å². The second-order valence-corrected chi connectivity index (χ2v) is 7.55. The molecule has 3 nitrogen and oxygen atoms in total. The van der Waals surface area contributed by atoms with Gasteiger partial charge in [-0.05, 0) is 61.8 Å². The van der Waals surface area contributed by atoms with Crippen LogP contribution in [0.4, 0.5) is 4.39 Å². The third kappa shape index (κ3) is 3.07. The predicted molar refractivity (Wildman–Crippen MR) is 93.0 cm³/mol. The Bertz CT molecular complexity index is 735. The Balaban J connectivity index is 1.92. The highest BCUT2D eigenvalue weighted by Crippen LogP contribution is 2.36. The first kappa shape index (κ1) is 16.6. The van der Waals surface area contributed by atoms with Crippen molar-refractivity contribution in [2.45, 2.75) is 38.9 Å². The van der Waals surface area contributed by atoms with Crippen molar-refractivity contribution in [3.05, 3.63) is 46.8 Å². The molecule has 2 heterocycles. The van der Waals surface area contributed by atoms with Crippen molar-refractivity contribution in [3.8, 4) is 11.3 Å². The summed E-state index contributed by atoms with van der Waals surface area (Å²) in [5, 5.41) is 0. The van der Waals surface area contributed by atoms with Gasteiger partial charge in [-0.1, -0.05) is 12.1 Å². The summed E-state index contributed by atoms with van der Waals surface area (Å²) in [5.74, 6) is -0.286. The fraction of sp³-hybridized carbons (Fsp3) is 0.353. The van der Waals surface area contributed by atoms with Crippen LogP contribution in [0.5, 0.6) is 0 Å². The molecule has 0 atom stereocenters. The Labute approximate surface area is 144 Å². The Morgan fingerprint density at radius 1 is 1.09 bits per heavy atom. The highest BCUT2D eigenvalue weighted by Gasteiger charge is 2.51. The van der Waals surface area contributed by atoms with Gasteiger partial charge in [0.05, 0.1) is 16.9 Å². The molecular formula is C17H18BBrFNO2. The summed E-state index contributed by atoms with van der Waals surface area (Å²) in [6.45, 7) is 8.04. The molecule has 1 saturated heterocycles. The Morgan fingerprint density at radius 3 is 2.30 bits per heavy atom. The Hall–Kier alpha value is -1.24. The monoisotopic (exact) mass is 377 g/mol. The summed E-state index contributed by atoms with van der Waals surface area (Å²) in [6.07, 6.45) is 1.72. The first-order valence-electron chi connectivity index (χ1n) is 7.47. The van der Waals surface area contributed by atoms with Crippen LogP contribution in [0.25, 0.3) is 11.3 Å². The SMILES string of the molecule is CC1(C)OB(c2cnc(-c3cccc(F)c3)c(Br)c2)OC1(C)C. The van der Waals surface area contributed by atoms with Crippen molar-refractivity contribution in [2.75, 3.05) is 0 Å². The summed E-state index contributed by atoms with van der Waals surface area (Å²) in [5.41, 5.74) is 1.44. The lowest BCUT2D eigenvalue weighted by atomic mass is 9.80. The second kappa shape index (κ2) is 5.69. The van der Waals surface area contributed by atoms with Crippen LogP contribution in [0, 0.1) is 5.82 Å². The third-order valence-corrected chi connectivity index (χ3v) is 5.09. The summed E-state index contributed by atoms with van der Waals surface area (Å²) in [6, 6.07) is 8.28. The molecule has 0 aliphatic carbocycles. The van der Waals surface area contributed by atoms with Crippen LogP contribution in [0.2, 0.25) is 0 Å². The van der Waals surface area contributed by atoms with E-state index in [1.165, 1.54) is 12.1 Å². The van der Waals surface area contributed by atoms with Crippen LogP contribution in [0.1, 0.15) is 27.7 Å². The lowest BCUT2D eigenvalue weighted by Gasteiger charge is -2.32. The molecule has 2 aromatic rings. The molecule has 0 amide bonds. The van der Waals surface area contributed by atoms with Crippen molar-refractivity contribution in [1.82, 2.24) is 4.98 Å². The number of hydrogen-bond acceptors (Lipinski definition) is 3. The molecule has 1 fully saturated rings. The fourth-order valence-electron chi connectivity index (χ4n) is 2.41. The molecule has 1 aromatic heterocycles. The fourth-order valence-corrected chi connectivity index (χ4v) is 3.00. The van der Waals surface area contributed by atoms with E-state index in [1.807, 2.05) is 39.8 Å². The maximum atomic E-state index is 13.4. The van der Waals surface area contributed by atoms with Gasteiger partial charge in [-0.25, -0.2) is 4.39 Å². The van der Waals surface area contributed by atoms with Crippen LogP contribution in [0.3, 0.4) is 0 Å². The number of rotatable bonds is 2. The number of aromatic nitrogens is 1.